The molecule has 0 aliphatic heterocycles. The second kappa shape index (κ2) is 49.5. The van der Waals surface area contributed by atoms with Gasteiger partial charge in [-0.25, -0.2) is 0 Å². The lowest BCUT2D eigenvalue weighted by Crippen LogP contribution is -2.30. The van der Waals surface area contributed by atoms with Crippen LogP contribution in [0.1, 0.15) is 265 Å². The van der Waals surface area contributed by atoms with E-state index in [0.717, 1.165) is 57.8 Å². The van der Waals surface area contributed by atoms with E-state index in [-0.39, 0.29) is 25.2 Å². The third-order valence-corrected chi connectivity index (χ3v) is 11.1. The van der Waals surface area contributed by atoms with Crippen molar-refractivity contribution < 1.29 is 23.8 Å². The summed E-state index contributed by atoms with van der Waals surface area (Å²) in [5, 5.41) is 0. The normalized spacial score (nSPS) is 12.4. The van der Waals surface area contributed by atoms with E-state index in [1.807, 2.05) is 0 Å². The predicted octanol–water partition coefficient (Wildman–Crippen LogP) is 17.0. The number of hydrogen-bond acceptors (Lipinski definition) is 5. The van der Waals surface area contributed by atoms with Gasteiger partial charge in [0.25, 0.3) is 0 Å². The summed E-state index contributed by atoms with van der Waals surface area (Å²) in [4.78, 5) is 25.3. The molecule has 0 aliphatic rings. The van der Waals surface area contributed by atoms with Crippen molar-refractivity contribution >= 4 is 11.9 Å². The number of unbranched alkanes of at least 4 members (excludes halogenated alkanes) is 30. The van der Waals surface area contributed by atoms with Crippen molar-refractivity contribution in [1.82, 2.24) is 0 Å². The van der Waals surface area contributed by atoms with Crippen LogP contribution in [0.3, 0.4) is 0 Å². The highest BCUT2D eigenvalue weighted by Gasteiger charge is 2.17. The molecule has 1 unspecified atom stereocenters. The molecule has 0 rings (SSSR count). The Labute approximate surface area is 361 Å². The van der Waals surface area contributed by atoms with Crippen LogP contribution in [0, 0.1) is 0 Å². The molecule has 0 heterocycles. The Bertz CT molecular complexity index is 924. The summed E-state index contributed by atoms with van der Waals surface area (Å²) in [6.07, 6.45) is 58.6. The summed E-state index contributed by atoms with van der Waals surface area (Å²) < 4.78 is 17.4. The molecule has 0 spiro atoms. The maximum atomic E-state index is 12.7. The highest BCUT2D eigenvalue weighted by molar-refractivity contribution is 5.70. The smallest absolute Gasteiger partial charge is 0.306 e. The second-order valence-electron chi connectivity index (χ2n) is 17.1. The Balaban J connectivity index is 4.21. The molecule has 0 saturated heterocycles. The van der Waals surface area contributed by atoms with Gasteiger partial charge in [-0.05, 0) is 70.6 Å². The highest BCUT2D eigenvalue weighted by atomic mass is 16.6. The van der Waals surface area contributed by atoms with E-state index in [4.69, 9.17) is 14.2 Å². The number of allylic oxidation sites excluding steroid dienone is 6. The molecule has 5 nitrogen and oxygen atoms in total. The molecule has 0 N–H and O–H groups in total. The van der Waals surface area contributed by atoms with E-state index >= 15 is 0 Å². The van der Waals surface area contributed by atoms with Crippen molar-refractivity contribution in [3.63, 3.8) is 0 Å². The van der Waals surface area contributed by atoms with E-state index in [0.29, 0.717) is 19.4 Å². The Hall–Kier alpha value is -1.88. The Morgan fingerprint density at radius 3 is 1.24 bits per heavy atom. The topological polar surface area (TPSA) is 61.8 Å². The van der Waals surface area contributed by atoms with E-state index in [1.165, 1.54) is 173 Å². The molecule has 1 atom stereocenters. The third kappa shape index (κ3) is 46.8. The Kier molecular flexibility index (Phi) is 47.9. The van der Waals surface area contributed by atoms with Crippen LogP contribution >= 0.6 is 0 Å². The second-order valence-corrected chi connectivity index (χ2v) is 17.1. The van der Waals surface area contributed by atoms with Gasteiger partial charge in [-0.1, -0.05) is 218 Å². The molecule has 58 heavy (non-hydrogen) atoms. The fourth-order valence-corrected chi connectivity index (χ4v) is 7.29. The first kappa shape index (κ1) is 56.1. The van der Waals surface area contributed by atoms with Gasteiger partial charge in [-0.3, -0.25) is 9.59 Å². The van der Waals surface area contributed by atoms with Crippen LogP contribution in [-0.4, -0.2) is 37.9 Å². The zero-order valence-electron chi connectivity index (χ0n) is 39.1. The first-order chi connectivity index (χ1) is 28.6. The molecule has 0 amide bonds. The monoisotopic (exact) mass is 815 g/mol. The van der Waals surface area contributed by atoms with Gasteiger partial charge in [0, 0.05) is 19.4 Å². The molecule has 0 bridgehead atoms. The minimum Gasteiger partial charge on any atom is -0.462 e. The zero-order chi connectivity index (χ0) is 42.1. The fourth-order valence-electron chi connectivity index (χ4n) is 7.29. The van der Waals surface area contributed by atoms with E-state index in [2.05, 4.69) is 57.2 Å². The average molecular weight is 815 g/mol. The third-order valence-electron chi connectivity index (χ3n) is 11.1. The molecule has 0 aromatic rings. The van der Waals surface area contributed by atoms with Gasteiger partial charge in [0.1, 0.15) is 6.61 Å². The number of rotatable bonds is 47. The number of ether oxygens (including phenoxy) is 3. The minimum absolute atomic E-state index is 0.0841. The first-order valence-corrected chi connectivity index (χ1v) is 25.5. The van der Waals surface area contributed by atoms with Crippen LogP contribution < -0.4 is 0 Å². The van der Waals surface area contributed by atoms with Gasteiger partial charge in [0.05, 0.1) is 6.61 Å². The summed E-state index contributed by atoms with van der Waals surface area (Å²) >= 11 is 0. The number of carbonyl (C=O) groups is 2. The minimum atomic E-state index is -0.538. The standard InChI is InChI=1S/C53H98O5/c1-4-7-10-13-16-19-22-24-25-26-27-28-30-33-36-39-42-45-48-56-49-51(58-53(55)47-44-41-38-35-31-21-18-15-12-9-6-3)50-57-52(54)46-43-40-37-34-32-29-23-20-17-14-11-8-5-2/h15-16,18-19,24-25,51H,4-14,17,20-23,26-50H2,1-3H3/b18-15-,19-16-,25-24-. The van der Waals surface area contributed by atoms with Crippen LogP contribution in [-0.2, 0) is 23.8 Å². The van der Waals surface area contributed by atoms with Crippen molar-refractivity contribution in [2.45, 2.75) is 271 Å². The first-order valence-electron chi connectivity index (χ1n) is 25.5. The lowest BCUT2D eigenvalue weighted by atomic mass is 10.0. The van der Waals surface area contributed by atoms with Gasteiger partial charge >= 0.3 is 11.9 Å². The van der Waals surface area contributed by atoms with Crippen molar-refractivity contribution in [1.29, 1.82) is 0 Å². The summed E-state index contributed by atoms with van der Waals surface area (Å²) in [5.41, 5.74) is 0. The molecule has 5 heteroatoms. The van der Waals surface area contributed by atoms with Crippen molar-refractivity contribution in [2.24, 2.45) is 0 Å². The summed E-state index contributed by atoms with van der Waals surface area (Å²) in [6.45, 7) is 7.78. The maximum absolute atomic E-state index is 12.7. The van der Waals surface area contributed by atoms with Crippen LogP contribution in [0.15, 0.2) is 36.5 Å². The molecule has 340 valence electrons. The van der Waals surface area contributed by atoms with Crippen molar-refractivity contribution in [3.8, 4) is 0 Å². The van der Waals surface area contributed by atoms with Crippen molar-refractivity contribution in [2.75, 3.05) is 19.8 Å². The Morgan fingerprint density at radius 1 is 0.379 bits per heavy atom. The van der Waals surface area contributed by atoms with Gasteiger partial charge in [-0.2, -0.15) is 0 Å². The predicted molar refractivity (Wildman–Crippen MR) is 252 cm³/mol. The summed E-state index contributed by atoms with van der Waals surface area (Å²) in [5.74, 6) is -0.400. The van der Waals surface area contributed by atoms with E-state index in [9.17, 15) is 9.59 Å². The van der Waals surface area contributed by atoms with Gasteiger partial charge < -0.3 is 14.2 Å². The SMILES string of the molecule is CCCC/C=C\CCCCCCCC(=O)OC(COCCCCCCCCCC/C=C\C/C=C\CCCCC)COC(=O)CCCCCCCCCCCCCCC. The van der Waals surface area contributed by atoms with Gasteiger partial charge in [0.2, 0.25) is 0 Å². The highest BCUT2D eigenvalue weighted by Crippen LogP contribution is 2.15. The number of hydrogen-bond donors (Lipinski definition) is 0. The summed E-state index contributed by atoms with van der Waals surface area (Å²) in [6, 6.07) is 0. The molecular weight excluding hydrogens is 717 g/mol. The van der Waals surface area contributed by atoms with E-state index < -0.39 is 6.10 Å². The lowest BCUT2D eigenvalue weighted by molar-refractivity contribution is -0.163. The molecule has 0 saturated carbocycles. The molecule has 0 fully saturated rings. The van der Waals surface area contributed by atoms with Crippen LogP contribution in [0.25, 0.3) is 0 Å². The van der Waals surface area contributed by atoms with E-state index in [1.54, 1.807) is 0 Å². The van der Waals surface area contributed by atoms with Crippen LogP contribution in [0.2, 0.25) is 0 Å². The average Bonchev–Trinajstić information content (AvgIpc) is 3.22. The van der Waals surface area contributed by atoms with Crippen molar-refractivity contribution in [3.05, 3.63) is 36.5 Å². The molecule has 0 aromatic heterocycles. The lowest BCUT2D eigenvalue weighted by Gasteiger charge is -2.18. The number of carbonyl (C=O) groups excluding carboxylic acids is 2. The molecule has 0 radical (unpaired) electrons. The van der Waals surface area contributed by atoms with Gasteiger partial charge in [-0.15, -0.1) is 0 Å². The zero-order valence-corrected chi connectivity index (χ0v) is 39.1. The molecule has 0 aromatic carbocycles. The van der Waals surface area contributed by atoms with Crippen LogP contribution in [0.4, 0.5) is 0 Å². The van der Waals surface area contributed by atoms with Gasteiger partial charge in [0.15, 0.2) is 6.10 Å². The quantitative estimate of drug-likeness (QED) is 0.0348. The largest absolute Gasteiger partial charge is 0.462 e. The summed E-state index contributed by atoms with van der Waals surface area (Å²) in [7, 11) is 0. The molecule has 0 aliphatic carbocycles. The number of esters is 2. The fraction of sp³-hybridized carbons (Fsp3) is 0.849. The Morgan fingerprint density at radius 2 is 0.741 bits per heavy atom. The maximum Gasteiger partial charge on any atom is 0.306 e. The molecular formula is C53H98O5. The van der Waals surface area contributed by atoms with Crippen LogP contribution in [0.5, 0.6) is 0 Å².